The standard InChI is InChI=1S/C16H25N3O.HI/c1-13-6-4-5-7-14(13)16(8-9-16)12-19-15(17-2)18-10-11-20-3;/h4-7H,8-12H2,1-3H3,(H2,17,18,19);1H. The third-order valence-corrected chi connectivity index (χ3v) is 3.99. The highest BCUT2D eigenvalue weighted by Gasteiger charge is 2.44. The minimum absolute atomic E-state index is 0. The second-order valence-corrected chi connectivity index (χ2v) is 5.44. The molecule has 118 valence electrons. The number of nitrogens with zero attached hydrogens (tertiary/aromatic N) is 1. The zero-order valence-electron chi connectivity index (χ0n) is 13.1. The zero-order valence-corrected chi connectivity index (χ0v) is 15.4. The summed E-state index contributed by atoms with van der Waals surface area (Å²) in [6.07, 6.45) is 2.50. The van der Waals surface area contributed by atoms with Crippen LogP contribution in [0.1, 0.15) is 24.0 Å². The number of aryl methyl sites for hydroxylation is 1. The van der Waals surface area contributed by atoms with Crippen molar-refractivity contribution in [3.63, 3.8) is 0 Å². The fourth-order valence-corrected chi connectivity index (χ4v) is 2.61. The van der Waals surface area contributed by atoms with Gasteiger partial charge in [0.15, 0.2) is 5.96 Å². The molecule has 1 aromatic rings. The quantitative estimate of drug-likeness (QED) is 0.332. The van der Waals surface area contributed by atoms with Gasteiger partial charge in [-0.1, -0.05) is 24.3 Å². The Hall–Kier alpha value is -0.820. The van der Waals surface area contributed by atoms with Gasteiger partial charge in [0.2, 0.25) is 0 Å². The summed E-state index contributed by atoms with van der Waals surface area (Å²) >= 11 is 0. The van der Waals surface area contributed by atoms with E-state index in [4.69, 9.17) is 4.74 Å². The van der Waals surface area contributed by atoms with Crippen LogP contribution in [0, 0.1) is 6.92 Å². The molecule has 0 bridgehead atoms. The number of nitrogens with one attached hydrogen (secondary N) is 2. The fourth-order valence-electron chi connectivity index (χ4n) is 2.61. The van der Waals surface area contributed by atoms with Crippen molar-refractivity contribution in [1.82, 2.24) is 10.6 Å². The average Bonchev–Trinajstić information content (AvgIpc) is 3.24. The van der Waals surface area contributed by atoms with Gasteiger partial charge in [0.1, 0.15) is 0 Å². The molecule has 0 aliphatic heterocycles. The molecule has 0 unspecified atom stereocenters. The van der Waals surface area contributed by atoms with Gasteiger partial charge in [0, 0.05) is 32.7 Å². The van der Waals surface area contributed by atoms with Crippen molar-refractivity contribution in [2.75, 3.05) is 33.9 Å². The van der Waals surface area contributed by atoms with Gasteiger partial charge in [-0.2, -0.15) is 0 Å². The first-order valence-corrected chi connectivity index (χ1v) is 7.21. The third-order valence-electron chi connectivity index (χ3n) is 3.99. The Morgan fingerprint density at radius 2 is 2.00 bits per heavy atom. The highest BCUT2D eigenvalue weighted by molar-refractivity contribution is 14.0. The molecular weight excluding hydrogens is 377 g/mol. The maximum Gasteiger partial charge on any atom is 0.191 e. The molecule has 0 spiro atoms. The number of benzene rings is 1. The maximum atomic E-state index is 5.03. The average molecular weight is 403 g/mol. The Kier molecular flexibility index (Phi) is 7.45. The topological polar surface area (TPSA) is 45.7 Å². The van der Waals surface area contributed by atoms with E-state index in [1.807, 2.05) is 0 Å². The van der Waals surface area contributed by atoms with Gasteiger partial charge < -0.3 is 15.4 Å². The van der Waals surface area contributed by atoms with Crippen LogP contribution in [-0.2, 0) is 10.2 Å². The Labute approximate surface area is 144 Å². The lowest BCUT2D eigenvalue weighted by atomic mass is 9.92. The van der Waals surface area contributed by atoms with Gasteiger partial charge >= 0.3 is 0 Å². The van der Waals surface area contributed by atoms with Crippen LogP contribution in [0.15, 0.2) is 29.3 Å². The van der Waals surface area contributed by atoms with E-state index in [2.05, 4.69) is 46.8 Å². The lowest BCUT2D eigenvalue weighted by molar-refractivity contribution is 0.203. The van der Waals surface area contributed by atoms with E-state index >= 15 is 0 Å². The predicted molar refractivity (Wildman–Crippen MR) is 98.7 cm³/mol. The van der Waals surface area contributed by atoms with Gasteiger partial charge in [0.05, 0.1) is 6.61 Å². The molecule has 1 aromatic carbocycles. The molecule has 0 heterocycles. The molecule has 2 rings (SSSR count). The van der Waals surface area contributed by atoms with Crippen molar-refractivity contribution in [2.45, 2.75) is 25.2 Å². The van der Waals surface area contributed by atoms with Gasteiger partial charge in [0.25, 0.3) is 0 Å². The summed E-state index contributed by atoms with van der Waals surface area (Å²) in [7, 11) is 3.50. The second-order valence-electron chi connectivity index (χ2n) is 5.44. The summed E-state index contributed by atoms with van der Waals surface area (Å²) < 4.78 is 5.03. The fraction of sp³-hybridized carbons (Fsp3) is 0.562. The Morgan fingerprint density at radius 3 is 2.57 bits per heavy atom. The third kappa shape index (κ3) is 4.85. The van der Waals surface area contributed by atoms with Gasteiger partial charge in [-0.3, -0.25) is 4.99 Å². The number of hydrogen-bond acceptors (Lipinski definition) is 2. The Bertz CT molecular complexity index is 472. The normalized spacial score (nSPS) is 16.0. The van der Waals surface area contributed by atoms with Crippen molar-refractivity contribution in [2.24, 2.45) is 4.99 Å². The van der Waals surface area contributed by atoms with Crippen LogP contribution in [0.4, 0.5) is 0 Å². The highest BCUT2D eigenvalue weighted by Crippen LogP contribution is 2.48. The zero-order chi connectivity index (χ0) is 14.4. The number of hydrogen-bond donors (Lipinski definition) is 2. The van der Waals surface area contributed by atoms with E-state index in [9.17, 15) is 0 Å². The van der Waals surface area contributed by atoms with Crippen molar-refractivity contribution < 1.29 is 4.74 Å². The molecule has 0 saturated heterocycles. The summed E-state index contributed by atoms with van der Waals surface area (Å²) in [6.45, 7) is 4.59. The van der Waals surface area contributed by atoms with E-state index in [1.54, 1.807) is 14.2 Å². The smallest absolute Gasteiger partial charge is 0.191 e. The van der Waals surface area contributed by atoms with Crippen LogP contribution in [0.3, 0.4) is 0 Å². The highest BCUT2D eigenvalue weighted by atomic mass is 127. The first-order valence-electron chi connectivity index (χ1n) is 7.21. The molecule has 1 aliphatic rings. The molecule has 0 aromatic heterocycles. The SMILES string of the molecule is CN=C(NCCOC)NCC1(c2ccccc2C)CC1.I. The lowest BCUT2D eigenvalue weighted by Gasteiger charge is -2.20. The van der Waals surface area contributed by atoms with E-state index in [1.165, 1.54) is 24.0 Å². The van der Waals surface area contributed by atoms with E-state index in [-0.39, 0.29) is 24.0 Å². The molecule has 1 saturated carbocycles. The summed E-state index contributed by atoms with van der Waals surface area (Å²) in [6, 6.07) is 8.69. The predicted octanol–water partition coefficient (Wildman–Crippen LogP) is 2.46. The van der Waals surface area contributed by atoms with E-state index in [0.29, 0.717) is 12.0 Å². The first kappa shape index (κ1) is 18.2. The molecule has 1 aliphatic carbocycles. The van der Waals surface area contributed by atoms with E-state index < -0.39 is 0 Å². The molecule has 4 nitrogen and oxygen atoms in total. The molecule has 1 fully saturated rings. The van der Waals surface area contributed by atoms with Gasteiger partial charge in [-0.15, -0.1) is 24.0 Å². The first-order chi connectivity index (χ1) is 9.72. The summed E-state index contributed by atoms with van der Waals surface area (Å²) in [5.74, 6) is 0.849. The van der Waals surface area contributed by atoms with Crippen molar-refractivity contribution in [1.29, 1.82) is 0 Å². The van der Waals surface area contributed by atoms with Crippen molar-refractivity contribution in [3.05, 3.63) is 35.4 Å². The lowest BCUT2D eigenvalue weighted by Crippen LogP contribution is -2.42. The van der Waals surface area contributed by atoms with Crippen LogP contribution in [0.5, 0.6) is 0 Å². The minimum atomic E-state index is 0. The Balaban J connectivity index is 0.00000220. The minimum Gasteiger partial charge on any atom is -0.383 e. The number of ether oxygens (including phenoxy) is 1. The summed E-state index contributed by atoms with van der Waals surface area (Å²) in [5.41, 5.74) is 3.15. The van der Waals surface area contributed by atoms with Crippen LogP contribution in [0.25, 0.3) is 0 Å². The molecular formula is C16H26IN3O. The molecule has 0 radical (unpaired) electrons. The van der Waals surface area contributed by atoms with E-state index in [0.717, 1.165) is 19.0 Å². The molecule has 21 heavy (non-hydrogen) atoms. The molecule has 0 amide bonds. The number of rotatable bonds is 6. The number of methoxy groups -OCH3 is 1. The molecule has 2 N–H and O–H groups in total. The monoisotopic (exact) mass is 403 g/mol. The number of aliphatic imine (C=N–C) groups is 1. The number of guanidine groups is 1. The van der Waals surface area contributed by atoms with Gasteiger partial charge in [-0.05, 0) is 30.9 Å². The van der Waals surface area contributed by atoms with Crippen LogP contribution >= 0.6 is 24.0 Å². The van der Waals surface area contributed by atoms with Crippen molar-refractivity contribution in [3.8, 4) is 0 Å². The molecule has 0 atom stereocenters. The Morgan fingerprint density at radius 1 is 1.29 bits per heavy atom. The van der Waals surface area contributed by atoms with Gasteiger partial charge in [-0.25, -0.2) is 0 Å². The number of halogens is 1. The summed E-state index contributed by atoms with van der Waals surface area (Å²) in [5, 5.41) is 6.69. The van der Waals surface area contributed by atoms with Crippen LogP contribution in [-0.4, -0.2) is 39.8 Å². The largest absolute Gasteiger partial charge is 0.383 e. The summed E-state index contributed by atoms with van der Waals surface area (Å²) in [4.78, 5) is 4.25. The second kappa shape index (κ2) is 8.58. The van der Waals surface area contributed by atoms with Crippen LogP contribution < -0.4 is 10.6 Å². The maximum absolute atomic E-state index is 5.03. The molecule has 5 heteroatoms. The van der Waals surface area contributed by atoms with Crippen LogP contribution in [0.2, 0.25) is 0 Å². The van der Waals surface area contributed by atoms with Crippen molar-refractivity contribution >= 4 is 29.9 Å².